The van der Waals surface area contributed by atoms with Gasteiger partial charge in [0.05, 0.1) is 11.7 Å². The van der Waals surface area contributed by atoms with Crippen LogP contribution >= 0.6 is 0 Å². The zero-order valence-corrected chi connectivity index (χ0v) is 10.1. The van der Waals surface area contributed by atoms with Gasteiger partial charge >= 0.3 is 0 Å². The molecule has 15 heavy (non-hydrogen) atoms. The van der Waals surface area contributed by atoms with Crippen LogP contribution in [0.5, 0.6) is 0 Å². The maximum absolute atomic E-state index is 6.02. The van der Waals surface area contributed by atoms with Crippen LogP contribution in [0.25, 0.3) is 0 Å². The van der Waals surface area contributed by atoms with Gasteiger partial charge in [-0.15, -0.1) is 0 Å². The van der Waals surface area contributed by atoms with Gasteiger partial charge in [-0.2, -0.15) is 0 Å². The maximum Gasteiger partial charge on any atom is 0.0686 e. The second-order valence-electron chi connectivity index (χ2n) is 5.71. The second kappa shape index (κ2) is 3.34. The lowest BCUT2D eigenvalue weighted by molar-refractivity contribution is -0.0238. The van der Waals surface area contributed by atoms with Crippen molar-refractivity contribution in [3.8, 4) is 0 Å². The minimum Gasteiger partial charge on any atom is -0.372 e. The largest absolute Gasteiger partial charge is 0.372 e. The summed E-state index contributed by atoms with van der Waals surface area (Å²) in [5, 5.41) is 0. The van der Waals surface area contributed by atoms with Crippen LogP contribution in [0.1, 0.15) is 39.7 Å². The van der Waals surface area contributed by atoms with Crippen LogP contribution in [-0.2, 0) is 10.2 Å². The normalized spacial score (nSPS) is 30.3. The highest BCUT2D eigenvalue weighted by Gasteiger charge is 2.53. The Hall–Kier alpha value is -0.820. The first kappa shape index (κ1) is 10.7. The molecule has 1 aliphatic carbocycles. The van der Waals surface area contributed by atoms with Gasteiger partial charge in [-0.05, 0) is 32.8 Å². The van der Waals surface area contributed by atoms with Crippen LogP contribution in [0, 0.1) is 0 Å². The molecule has 1 aromatic carbocycles. The third-order valence-corrected chi connectivity index (χ3v) is 3.09. The predicted molar refractivity (Wildman–Crippen MR) is 63.0 cm³/mol. The summed E-state index contributed by atoms with van der Waals surface area (Å²) in [6, 6.07) is 10.7. The minimum atomic E-state index is -0.0305. The Morgan fingerprint density at radius 3 is 2.33 bits per heavy atom. The molecule has 2 atom stereocenters. The molecule has 1 aliphatic rings. The average molecular weight is 204 g/mol. The second-order valence-corrected chi connectivity index (χ2v) is 5.71. The lowest BCUT2D eigenvalue weighted by Gasteiger charge is -2.22. The third-order valence-electron chi connectivity index (χ3n) is 3.09. The van der Waals surface area contributed by atoms with E-state index in [0.29, 0.717) is 6.10 Å². The number of hydrogen-bond donors (Lipinski definition) is 0. The Morgan fingerprint density at radius 1 is 1.20 bits per heavy atom. The summed E-state index contributed by atoms with van der Waals surface area (Å²) in [6.07, 6.45) is 1.54. The monoisotopic (exact) mass is 204 g/mol. The first-order valence-electron chi connectivity index (χ1n) is 5.65. The van der Waals surface area contributed by atoms with Gasteiger partial charge in [-0.1, -0.05) is 37.3 Å². The molecular weight excluding hydrogens is 184 g/mol. The molecule has 0 unspecified atom stereocenters. The van der Waals surface area contributed by atoms with Gasteiger partial charge in [0.15, 0.2) is 0 Å². The van der Waals surface area contributed by atoms with E-state index < -0.39 is 0 Å². The standard InChI is InChI=1S/C14H20O/c1-13(2,3)15-12-10-14(12,4)11-8-6-5-7-9-11/h5-9,12H,10H2,1-4H3/t12-,14+/m0/s1. The van der Waals surface area contributed by atoms with Gasteiger partial charge in [0.1, 0.15) is 0 Å². The molecule has 2 rings (SSSR count). The smallest absolute Gasteiger partial charge is 0.0686 e. The average Bonchev–Trinajstić information content (AvgIpc) is 2.77. The summed E-state index contributed by atoms with van der Waals surface area (Å²) >= 11 is 0. The molecule has 0 amide bonds. The van der Waals surface area contributed by atoms with Crippen molar-refractivity contribution in [2.45, 2.75) is 51.2 Å². The van der Waals surface area contributed by atoms with Crippen LogP contribution in [0.2, 0.25) is 0 Å². The van der Waals surface area contributed by atoms with E-state index >= 15 is 0 Å². The van der Waals surface area contributed by atoms with Crippen LogP contribution in [0.3, 0.4) is 0 Å². The molecular formula is C14H20O. The zero-order chi connectivity index (χ0) is 11.1. The van der Waals surface area contributed by atoms with Crippen molar-refractivity contribution < 1.29 is 4.74 Å². The number of rotatable bonds is 2. The van der Waals surface area contributed by atoms with E-state index in [0.717, 1.165) is 6.42 Å². The van der Waals surface area contributed by atoms with Gasteiger partial charge < -0.3 is 4.74 Å². The first-order valence-corrected chi connectivity index (χ1v) is 5.65. The molecule has 0 aromatic heterocycles. The molecule has 0 heterocycles. The molecule has 1 fully saturated rings. The highest BCUT2D eigenvalue weighted by Crippen LogP contribution is 2.51. The van der Waals surface area contributed by atoms with Crippen LogP contribution in [-0.4, -0.2) is 11.7 Å². The van der Waals surface area contributed by atoms with E-state index in [1.54, 1.807) is 0 Å². The van der Waals surface area contributed by atoms with Gasteiger partial charge in [-0.3, -0.25) is 0 Å². The molecule has 1 aromatic rings. The molecule has 0 spiro atoms. The Morgan fingerprint density at radius 2 is 1.80 bits per heavy atom. The molecule has 1 nitrogen and oxygen atoms in total. The topological polar surface area (TPSA) is 9.23 Å². The highest BCUT2D eigenvalue weighted by molar-refractivity contribution is 5.33. The highest BCUT2D eigenvalue weighted by atomic mass is 16.5. The Balaban J connectivity index is 2.08. The van der Waals surface area contributed by atoms with E-state index in [9.17, 15) is 0 Å². The van der Waals surface area contributed by atoms with E-state index in [1.807, 2.05) is 0 Å². The zero-order valence-electron chi connectivity index (χ0n) is 10.1. The summed E-state index contributed by atoms with van der Waals surface area (Å²) in [4.78, 5) is 0. The molecule has 0 bridgehead atoms. The summed E-state index contributed by atoms with van der Waals surface area (Å²) in [5.41, 5.74) is 1.62. The van der Waals surface area contributed by atoms with Crippen molar-refractivity contribution in [2.24, 2.45) is 0 Å². The molecule has 0 N–H and O–H groups in total. The van der Waals surface area contributed by atoms with Crippen molar-refractivity contribution in [3.05, 3.63) is 35.9 Å². The number of hydrogen-bond acceptors (Lipinski definition) is 1. The number of ether oxygens (including phenoxy) is 1. The molecule has 0 aliphatic heterocycles. The van der Waals surface area contributed by atoms with E-state index in [1.165, 1.54) is 5.56 Å². The van der Waals surface area contributed by atoms with Gasteiger partial charge in [0.2, 0.25) is 0 Å². The first-order chi connectivity index (χ1) is 6.92. The van der Waals surface area contributed by atoms with Crippen molar-refractivity contribution in [1.82, 2.24) is 0 Å². The fourth-order valence-electron chi connectivity index (χ4n) is 2.05. The lowest BCUT2D eigenvalue weighted by atomic mass is 9.98. The van der Waals surface area contributed by atoms with Gasteiger partial charge in [0, 0.05) is 5.41 Å². The quantitative estimate of drug-likeness (QED) is 0.716. The van der Waals surface area contributed by atoms with E-state index in [4.69, 9.17) is 4.74 Å². The Kier molecular flexibility index (Phi) is 2.38. The summed E-state index contributed by atoms with van der Waals surface area (Å²) in [6.45, 7) is 8.66. The van der Waals surface area contributed by atoms with E-state index in [-0.39, 0.29) is 11.0 Å². The maximum atomic E-state index is 6.02. The molecule has 0 radical (unpaired) electrons. The lowest BCUT2D eigenvalue weighted by Crippen LogP contribution is -2.24. The summed E-state index contributed by atoms with van der Waals surface area (Å²) in [5.74, 6) is 0. The van der Waals surface area contributed by atoms with Gasteiger partial charge in [0.25, 0.3) is 0 Å². The van der Waals surface area contributed by atoms with Gasteiger partial charge in [-0.25, -0.2) is 0 Å². The molecule has 1 saturated carbocycles. The minimum absolute atomic E-state index is 0.0305. The fourth-order valence-corrected chi connectivity index (χ4v) is 2.05. The summed E-state index contributed by atoms with van der Waals surface area (Å²) < 4.78 is 6.02. The predicted octanol–water partition coefficient (Wildman–Crippen LogP) is 3.53. The van der Waals surface area contributed by atoms with Crippen molar-refractivity contribution in [2.75, 3.05) is 0 Å². The summed E-state index contributed by atoms with van der Waals surface area (Å²) in [7, 11) is 0. The fraction of sp³-hybridized carbons (Fsp3) is 0.571. The molecule has 1 heteroatoms. The Bertz CT molecular complexity index is 336. The van der Waals surface area contributed by atoms with Crippen molar-refractivity contribution in [3.63, 3.8) is 0 Å². The van der Waals surface area contributed by atoms with Crippen molar-refractivity contribution >= 4 is 0 Å². The van der Waals surface area contributed by atoms with Crippen LogP contribution in [0.4, 0.5) is 0 Å². The van der Waals surface area contributed by atoms with E-state index in [2.05, 4.69) is 58.0 Å². The molecule has 0 saturated heterocycles. The molecule has 82 valence electrons. The number of benzene rings is 1. The SMILES string of the molecule is CC(C)(C)O[C@H]1C[C@]1(C)c1ccccc1. The third kappa shape index (κ3) is 2.23. The van der Waals surface area contributed by atoms with Crippen molar-refractivity contribution in [1.29, 1.82) is 0 Å². The van der Waals surface area contributed by atoms with Crippen LogP contribution in [0.15, 0.2) is 30.3 Å². The Labute approximate surface area is 92.5 Å². The van der Waals surface area contributed by atoms with Crippen LogP contribution < -0.4 is 0 Å².